The molecule has 1 aromatic rings. The zero-order chi connectivity index (χ0) is 15.1. The number of imide groups is 1. The van der Waals surface area contributed by atoms with E-state index in [4.69, 9.17) is 0 Å². The molecule has 0 atom stereocenters. The molecule has 0 saturated carbocycles. The van der Waals surface area contributed by atoms with Gasteiger partial charge in [0.1, 0.15) is 0 Å². The van der Waals surface area contributed by atoms with Crippen molar-refractivity contribution in [1.29, 1.82) is 0 Å². The van der Waals surface area contributed by atoms with Gasteiger partial charge in [-0.05, 0) is 12.1 Å². The predicted octanol–water partition coefficient (Wildman–Crippen LogP) is 0.207. The van der Waals surface area contributed by atoms with Gasteiger partial charge in [0, 0.05) is 19.2 Å². The highest BCUT2D eigenvalue weighted by Gasteiger charge is 2.13. The number of esters is 1. The minimum absolute atomic E-state index is 0.0587. The first kappa shape index (κ1) is 15.1. The molecule has 0 bridgehead atoms. The zero-order valence-electron chi connectivity index (χ0n) is 10.4. The molecule has 0 aliphatic carbocycles. The van der Waals surface area contributed by atoms with Crippen molar-refractivity contribution in [3.8, 4) is 0 Å². The number of nitrogens with zero attached hydrogens (tertiary/aromatic N) is 1. The van der Waals surface area contributed by atoms with Crippen molar-refractivity contribution >= 4 is 23.6 Å². The molecule has 0 unspecified atom stereocenters. The van der Waals surface area contributed by atoms with Crippen LogP contribution < -0.4 is 10.6 Å². The molecule has 9 heteroatoms. The lowest BCUT2D eigenvalue weighted by atomic mass is 10.2. The van der Waals surface area contributed by atoms with E-state index in [1.54, 1.807) is 0 Å². The largest absolute Gasteiger partial charge is 0.452 e. The number of benzene rings is 1. The number of nitro groups is 1. The first-order valence-electron chi connectivity index (χ1n) is 5.37. The van der Waals surface area contributed by atoms with Crippen molar-refractivity contribution in [2.75, 3.05) is 13.7 Å². The van der Waals surface area contributed by atoms with E-state index in [2.05, 4.69) is 10.1 Å². The van der Waals surface area contributed by atoms with E-state index in [-0.39, 0.29) is 11.3 Å². The Morgan fingerprint density at radius 3 is 2.35 bits per heavy atom. The molecule has 1 aromatic carbocycles. The second-order valence-corrected chi connectivity index (χ2v) is 3.51. The summed E-state index contributed by atoms with van der Waals surface area (Å²) in [4.78, 5) is 43.3. The van der Waals surface area contributed by atoms with Crippen LogP contribution in [0.2, 0.25) is 0 Å². The predicted molar refractivity (Wildman–Crippen MR) is 66.0 cm³/mol. The van der Waals surface area contributed by atoms with Gasteiger partial charge in [0.05, 0.1) is 10.5 Å². The fourth-order valence-electron chi connectivity index (χ4n) is 1.16. The molecule has 0 aromatic heterocycles. The molecular weight excluding hydrogens is 270 g/mol. The summed E-state index contributed by atoms with van der Waals surface area (Å²) in [5.74, 6) is -1.62. The molecule has 20 heavy (non-hydrogen) atoms. The Kier molecular flexibility index (Phi) is 5.15. The van der Waals surface area contributed by atoms with E-state index < -0.39 is 29.4 Å². The van der Waals surface area contributed by atoms with E-state index in [0.29, 0.717) is 0 Å². The third-order valence-electron chi connectivity index (χ3n) is 2.13. The van der Waals surface area contributed by atoms with Crippen LogP contribution in [0.5, 0.6) is 0 Å². The van der Waals surface area contributed by atoms with E-state index in [1.165, 1.54) is 19.2 Å². The number of amides is 3. The summed E-state index contributed by atoms with van der Waals surface area (Å²) in [7, 11) is 1.32. The molecule has 106 valence electrons. The Labute approximate surface area is 113 Å². The smallest absolute Gasteiger partial charge is 0.338 e. The number of carbonyl (C=O) groups is 3. The third kappa shape index (κ3) is 4.37. The van der Waals surface area contributed by atoms with Crippen LogP contribution in [0, 0.1) is 10.1 Å². The Morgan fingerprint density at radius 1 is 1.25 bits per heavy atom. The van der Waals surface area contributed by atoms with Crippen LogP contribution in [0.15, 0.2) is 24.3 Å². The lowest BCUT2D eigenvalue weighted by Crippen LogP contribution is -2.39. The molecule has 2 N–H and O–H groups in total. The second kappa shape index (κ2) is 6.83. The Morgan fingerprint density at radius 2 is 1.85 bits per heavy atom. The number of nitrogens with one attached hydrogen (secondary N) is 2. The molecular formula is C11H11N3O6. The van der Waals surface area contributed by atoms with Gasteiger partial charge < -0.3 is 10.1 Å². The Hall–Kier alpha value is -2.97. The number of nitro benzene ring substituents is 1. The fraction of sp³-hybridized carbons (Fsp3) is 0.182. The molecule has 0 aliphatic rings. The summed E-state index contributed by atoms with van der Waals surface area (Å²) in [6.07, 6.45) is 0. The molecule has 3 amide bonds. The number of hydrogen-bond acceptors (Lipinski definition) is 6. The number of carbonyl (C=O) groups excluding carboxylic acids is 3. The van der Waals surface area contributed by atoms with E-state index in [9.17, 15) is 24.5 Å². The van der Waals surface area contributed by atoms with Gasteiger partial charge in [-0.1, -0.05) is 0 Å². The highest BCUT2D eigenvalue weighted by Crippen LogP contribution is 2.12. The lowest BCUT2D eigenvalue weighted by molar-refractivity contribution is -0.384. The summed E-state index contributed by atoms with van der Waals surface area (Å²) >= 11 is 0. The van der Waals surface area contributed by atoms with Crippen molar-refractivity contribution in [2.45, 2.75) is 0 Å². The molecule has 9 nitrogen and oxygen atoms in total. The summed E-state index contributed by atoms with van der Waals surface area (Å²) in [6, 6.07) is 3.97. The molecule has 0 heterocycles. The van der Waals surface area contributed by atoms with Crippen LogP contribution in [0.4, 0.5) is 10.5 Å². The van der Waals surface area contributed by atoms with Crippen molar-refractivity contribution in [3.05, 3.63) is 39.9 Å². The van der Waals surface area contributed by atoms with Crippen LogP contribution in [0.1, 0.15) is 10.4 Å². The van der Waals surface area contributed by atoms with Crippen LogP contribution >= 0.6 is 0 Å². The van der Waals surface area contributed by atoms with Crippen molar-refractivity contribution in [3.63, 3.8) is 0 Å². The number of rotatable bonds is 4. The normalized spacial score (nSPS) is 9.45. The molecule has 0 fully saturated rings. The van der Waals surface area contributed by atoms with Crippen molar-refractivity contribution in [1.82, 2.24) is 10.6 Å². The molecule has 0 aliphatic heterocycles. The molecule has 1 rings (SSSR count). The average molecular weight is 281 g/mol. The highest BCUT2D eigenvalue weighted by atomic mass is 16.6. The minimum atomic E-state index is -0.827. The maximum absolute atomic E-state index is 11.5. The maximum Gasteiger partial charge on any atom is 0.338 e. The first-order chi connectivity index (χ1) is 9.43. The highest BCUT2D eigenvalue weighted by molar-refractivity contribution is 5.96. The molecule has 0 radical (unpaired) electrons. The van der Waals surface area contributed by atoms with Crippen molar-refractivity contribution in [2.24, 2.45) is 0 Å². The summed E-state index contributed by atoms with van der Waals surface area (Å²) < 4.78 is 4.63. The van der Waals surface area contributed by atoms with Crippen LogP contribution in [-0.4, -0.2) is 36.5 Å². The third-order valence-corrected chi connectivity index (χ3v) is 2.13. The topological polar surface area (TPSA) is 128 Å². The van der Waals surface area contributed by atoms with Gasteiger partial charge in [-0.2, -0.15) is 0 Å². The Balaban J connectivity index is 2.52. The van der Waals surface area contributed by atoms with Crippen molar-refractivity contribution < 1.29 is 24.0 Å². The summed E-state index contributed by atoms with van der Waals surface area (Å²) in [5, 5.41) is 14.5. The van der Waals surface area contributed by atoms with E-state index >= 15 is 0 Å². The number of non-ortho nitro benzene ring substituents is 1. The van der Waals surface area contributed by atoms with Crippen LogP contribution in [0.3, 0.4) is 0 Å². The number of ether oxygens (including phenoxy) is 1. The maximum atomic E-state index is 11.5. The van der Waals surface area contributed by atoms with Gasteiger partial charge in [0.15, 0.2) is 6.61 Å². The number of hydrogen-bond donors (Lipinski definition) is 2. The number of urea groups is 1. The first-order valence-corrected chi connectivity index (χ1v) is 5.37. The molecule has 0 spiro atoms. The zero-order valence-corrected chi connectivity index (χ0v) is 10.4. The second-order valence-electron chi connectivity index (χ2n) is 3.51. The van der Waals surface area contributed by atoms with Gasteiger partial charge in [-0.25, -0.2) is 9.59 Å². The minimum Gasteiger partial charge on any atom is -0.452 e. The molecule has 0 saturated heterocycles. The monoisotopic (exact) mass is 281 g/mol. The van der Waals surface area contributed by atoms with Gasteiger partial charge in [0.2, 0.25) is 0 Å². The van der Waals surface area contributed by atoms with Crippen LogP contribution in [0.25, 0.3) is 0 Å². The quantitative estimate of drug-likeness (QED) is 0.461. The lowest BCUT2D eigenvalue weighted by Gasteiger charge is -2.05. The SMILES string of the molecule is CNC(=O)NC(=O)COC(=O)c1ccc([N+](=O)[O-])cc1. The summed E-state index contributed by atoms with van der Waals surface area (Å²) in [5.41, 5.74) is -0.109. The summed E-state index contributed by atoms with van der Waals surface area (Å²) in [6.45, 7) is -0.636. The average Bonchev–Trinajstić information content (AvgIpc) is 2.44. The Bertz CT molecular complexity index is 540. The van der Waals surface area contributed by atoms with Gasteiger partial charge in [-0.15, -0.1) is 0 Å². The van der Waals surface area contributed by atoms with Gasteiger partial charge >= 0.3 is 12.0 Å². The van der Waals surface area contributed by atoms with E-state index in [1.807, 2.05) is 5.32 Å². The van der Waals surface area contributed by atoms with Gasteiger partial charge in [0.25, 0.3) is 11.6 Å². The standard InChI is InChI=1S/C11H11N3O6/c1-12-11(17)13-9(15)6-20-10(16)7-2-4-8(5-3-7)14(18)19/h2-5H,6H2,1H3,(H2,12,13,15,17). The fourth-order valence-corrected chi connectivity index (χ4v) is 1.16. The van der Waals surface area contributed by atoms with E-state index in [0.717, 1.165) is 12.1 Å². The van der Waals surface area contributed by atoms with Crippen LogP contribution in [-0.2, 0) is 9.53 Å². The van der Waals surface area contributed by atoms with Gasteiger partial charge in [-0.3, -0.25) is 20.2 Å².